The standard InChI is InChI=1S/C40H54Cl2N4O4S/c1-8-40(6,28-30-11-16-33(41)17-12-30)43-37(35-20-15-32(39(3,4)5)27-36(35)50-9-2)46(29-31-13-18-34(42)19-14-31)38(47)45-24-22-44(23-25-45)21-10-26-51(7,48)49/h11-20,27H,8-10,21-26,28-29H2,1-7H3. The van der Waals surface area contributed by atoms with E-state index >= 15 is 0 Å². The number of carbonyl (C=O) groups is 1. The van der Waals surface area contributed by atoms with Gasteiger partial charge in [-0.15, -0.1) is 0 Å². The molecule has 0 spiro atoms. The fourth-order valence-corrected chi connectivity index (χ4v) is 7.05. The van der Waals surface area contributed by atoms with Gasteiger partial charge in [-0.3, -0.25) is 14.8 Å². The molecule has 2 amide bonds. The third-order valence-corrected chi connectivity index (χ3v) is 10.9. The van der Waals surface area contributed by atoms with Crippen molar-refractivity contribution in [2.45, 2.75) is 78.3 Å². The fourth-order valence-electron chi connectivity index (χ4n) is 6.15. The maximum Gasteiger partial charge on any atom is 0.326 e. The van der Waals surface area contributed by atoms with Crippen LogP contribution in [0, 0.1) is 0 Å². The minimum Gasteiger partial charge on any atom is -0.493 e. The monoisotopic (exact) mass is 756 g/mol. The molecule has 1 aliphatic heterocycles. The number of amidine groups is 1. The summed E-state index contributed by atoms with van der Waals surface area (Å²) in [4.78, 5) is 26.3. The van der Waals surface area contributed by atoms with Crippen LogP contribution in [-0.2, 0) is 28.2 Å². The molecule has 4 rings (SSSR count). The van der Waals surface area contributed by atoms with Crippen molar-refractivity contribution >= 4 is 44.9 Å². The Morgan fingerprint density at radius 1 is 0.882 bits per heavy atom. The number of urea groups is 1. The van der Waals surface area contributed by atoms with Crippen LogP contribution in [0.3, 0.4) is 0 Å². The first kappa shape index (κ1) is 40.7. The SMILES string of the molecule is CCOc1cc(C(C)(C)C)ccc1C(=NC(C)(CC)Cc1ccc(Cl)cc1)N(Cc1ccc(Cl)cc1)C(=O)N1CCN(CCCS(C)(=O)=O)CC1. The van der Waals surface area contributed by atoms with Crippen molar-refractivity contribution in [2.75, 3.05) is 51.3 Å². The lowest BCUT2D eigenvalue weighted by molar-refractivity contribution is 0.125. The largest absolute Gasteiger partial charge is 0.493 e. The Kier molecular flexibility index (Phi) is 14.0. The molecule has 51 heavy (non-hydrogen) atoms. The summed E-state index contributed by atoms with van der Waals surface area (Å²) in [5, 5.41) is 1.30. The number of sulfone groups is 1. The first-order valence-electron chi connectivity index (χ1n) is 17.8. The zero-order chi connectivity index (χ0) is 37.4. The molecule has 3 aromatic rings. The van der Waals surface area contributed by atoms with Gasteiger partial charge in [0.2, 0.25) is 0 Å². The molecule has 0 aliphatic carbocycles. The molecule has 11 heteroatoms. The van der Waals surface area contributed by atoms with E-state index in [0.29, 0.717) is 73.8 Å². The molecule has 0 bridgehead atoms. The van der Waals surface area contributed by atoms with Crippen LogP contribution >= 0.6 is 23.2 Å². The molecular formula is C40H54Cl2N4O4S. The van der Waals surface area contributed by atoms with Crippen molar-refractivity contribution in [3.8, 4) is 5.75 Å². The van der Waals surface area contributed by atoms with E-state index < -0.39 is 15.4 Å². The highest BCUT2D eigenvalue weighted by molar-refractivity contribution is 7.90. The molecule has 1 atom stereocenters. The summed E-state index contributed by atoms with van der Waals surface area (Å²) in [6.45, 7) is 16.5. The number of hydrogen-bond donors (Lipinski definition) is 0. The number of halogens is 2. The van der Waals surface area contributed by atoms with Crippen molar-refractivity contribution in [1.29, 1.82) is 0 Å². The molecule has 1 fully saturated rings. The third kappa shape index (κ3) is 12.0. The van der Waals surface area contributed by atoms with E-state index in [0.717, 1.165) is 28.7 Å². The summed E-state index contributed by atoms with van der Waals surface area (Å²) in [6, 6.07) is 21.5. The number of aliphatic imine (C=N–C) groups is 1. The van der Waals surface area contributed by atoms with Gasteiger partial charge in [0.25, 0.3) is 0 Å². The highest BCUT2D eigenvalue weighted by Gasteiger charge is 2.33. The van der Waals surface area contributed by atoms with Gasteiger partial charge in [-0.25, -0.2) is 13.2 Å². The van der Waals surface area contributed by atoms with Crippen LogP contribution in [0.5, 0.6) is 5.75 Å². The summed E-state index contributed by atoms with van der Waals surface area (Å²) in [6.07, 6.45) is 3.20. The maximum atomic E-state index is 14.9. The third-order valence-electron chi connectivity index (χ3n) is 9.40. The van der Waals surface area contributed by atoms with Gasteiger partial charge in [0.05, 0.1) is 30.0 Å². The van der Waals surface area contributed by atoms with E-state index in [-0.39, 0.29) is 23.7 Å². The zero-order valence-electron chi connectivity index (χ0n) is 31.2. The first-order chi connectivity index (χ1) is 24.0. The number of hydrogen-bond acceptors (Lipinski definition) is 6. The van der Waals surface area contributed by atoms with Gasteiger partial charge in [0.1, 0.15) is 21.4 Å². The van der Waals surface area contributed by atoms with Crippen LogP contribution in [-0.4, -0.2) is 91.9 Å². The molecule has 0 N–H and O–H groups in total. The van der Waals surface area contributed by atoms with E-state index in [1.807, 2.05) is 66.4 Å². The van der Waals surface area contributed by atoms with Crippen LogP contribution in [0.25, 0.3) is 0 Å². The van der Waals surface area contributed by atoms with Crippen LogP contribution in [0.2, 0.25) is 10.0 Å². The Labute approximate surface area is 315 Å². The lowest BCUT2D eigenvalue weighted by Gasteiger charge is -2.39. The van der Waals surface area contributed by atoms with Gasteiger partial charge in [0.15, 0.2) is 0 Å². The van der Waals surface area contributed by atoms with Gasteiger partial charge in [0, 0.05) is 42.5 Å². The number of rotatable bonds is 13. The number of amides is 2. The predicted molar refractivity (Wildman–Crippen MR) is 211 cm³/mol. The molecule has 0 radical (unpaired) electrons. The second-order valence-electron chi connectivity index (χ2n) is 14.8. The van der Waals surface area contributed by atoms with E-state index in [9.17, 15) is 13.2 Å². The van der Waals surface area contributed by atoms with Gasteiger partial charge < -0.3 is 9.64 Å². The zero-order valence-corrected chi connectivity index (χ0v) is 33.5. The van der Waals surface area contributed by atoms with Crippen molar-refractivity contribution in [3.63, 3.8) is 0 Å². The first-order valence-corrected chi connectivity index (χ1v) is 20.6. The second kappa shape index (κ2) is 17.6. The van der Waals surface area contributed by atoms with Gasteiger partial charge in [-0.05, 0) is 98.2 Å². The Balaban J connectivity index is 1.82. The smallest absolute Gasteiger partial charge is 0.326 e. The molecule has 1 aliphatic rings. The van der Waals surface area contributed by atoms with Gasteiger partial charge in [-0.2, -0.15) is 0 Å². The molecule has 1 saturated heterocycles. The Hall–Kier alpha value is -3.11. The molecule has 1 unspecified atom stereocenters. The summed E-state index contributed by atoms with van der Waals surface area (Å²) in [5.74, 6) is 1.38. The summed E-state index contributed by atoms with van der Waals surface area (Å²) < 4.78 is 29.7. The predicted octanol–water partition coefficient (Wildman–Crippen LogP) is 8.52. The average Bonchev–Trinajstić information content (AvgIpc) is 3.07. The van der Waals surface area contributed by atoms with E-state index in [4.69, 9.17) is 32.9 Å². The van der Waals surface area contributed by atoms with Crippen molar-refractivity contribution < 1.29 is 17.9 Å². The topological polar surface area (TPSA) is 82.5 Å². The number of carbonyl (C=O) groups excluding carboxylic acids is 1. The maximum absolute atomic E-state index is 14.9. The van der Waals surface area contributed by atoms with Crippen molar-refractivity contribution in [1.82, 2.24) is 14.7 Å². The van der Waals surface area contributed by atoms with E-state index in [1.165, 1.54) is 6.26 Å². The number of benzene rings is 3. The Bertz CT molecular complexity index is 1750. The van der Waals surface area contributed by atoms with E-state index in [2.05, 4.69) is 51.7 Å². The molecule has 0 aromatic heterocycles. The Morgan fingerprint density at radius 3 is 2.00 bits per heavy atom. The molecule has 0 saturated carbocycles. The van der Waals surface area contributed by atoms with Gasteiger partial charge in [-0.1, -0.05) is 81.2 Å². The molecule has 8 nitrogen and oxygen atoms in total. The summed E-state index contributed by atoms with van der Waals surface area (Å²) in [7, 11) is -3.02. The van der Waals surface area contributed by atoms with E-state index in [1.54, 1.807) is 4.90 Å². The lowest BCUT2D eigenvalue weighted by atomic mass is 9.86. The minimum atomic E-state index is -3.02. The quantitative estimate of drug-likeness (QED) is 0.129. The number of ether oxygens (including phenoxy) is 1. The lowest BCUT2D eigenvalue weighted by Crippen LogP contribution is -2.54. The van der Waals surface area contributed by atoms with Crippen LogP contribution < -0.4 is 4.74 Å². The Morgan fingerprint density at radius 2 is 1.47 bits per heavy atom. The summed E-state index contributed by atoms with van der Waals surface area (Å²) >= 11 is 12.5. The molecule has 3 aromatic carbocycles. The number of piperazine rings is 1. The van der Waals surface area contributed by atoms with Crippen LogP contribution in [0.4, 0.5) is 4.79 Å². The minimum absolute atomic E-state index is 0.117. The van der Waals surface area contributed by atoms with Crippen LogP contribution in [0.15, 0.2) is 71.7 Å². The number of nitrogens with zero attached hydrogens (tertiary/aromatic N) is 4. The fraction of sp³-hybridized carbons (Fsp3) is 0.500. The molecule has 278 valence electrons. The highest BCUT2D eigenvalue weighted by Crippen LogP contribution is 2.33. The van der Waals surface area contributed by atoms with Gasteiger partial charge >= 0.3 is 6.03 Å². The normalized spacial score (nSPS) is 15.8. The average molecular weight is 758 g/mol. The molecule has 1 heterocycles. The summed E-state index contributed by atoms with van der Waals surface area (Å²) in [5.41, 5.74) is 3.20. The van der Waals surface area contributed by atoms with Crippen molar-refractivity contribution in [3.05, 3.63) is 99.0 Å². The second-order valence-corrected chi connectivity index (χ2v) is 17.9. The highest BCUT2D eigenvalue weighted by atomic mass is 35.5. The molecular weight excluding hydrogens is 703 g/mol. The van der Waals surface area contributed by atoms with Crippen molar-refractivity contribution in [2.24, 2.45) is 4.99 Å². The van der Waals surface area contributed by atoms with Crippen LogP contribution in [0.1, 0.15) is 76.6 Å².